The fourth-order valence-corrected chi connectivity index (χ4v) is 1.71. The molecule has 0 unspecified atom stereocenters. The molecule has 0 fully saturated rings. The molecule has 0 aromatic heterocycles. The molecule has 0 heterocycles. The first kappa shape index (κ1) is 14.5. The topological polar surface area (TPSA) is 91.5 Å². The van der Waals surface area contributed by atoms with Crippen LogP contribution in [-0.4, -0.2) is 11.9 Å². The number of guanidine groups is 1. The molecule has 6 heteroatoms. The average molecular weight is 283 g/mol. The molecule has 2 rings (SSSR count). The van der Waals surface area contributed by atoms with E-state index in [1.807, 2.05) is 30.3 Å². The van der Waals surface area contributed by atoms with E-state index in [9.17, 15) is 4.79 Å². The van der Waals surface area contributed by atoms with Gasteiger partial charge in [-0.15, -0.1) is 0 Å². The normalized spacial score (nSPS) is 10.9. The van der Waals surface area contributed by atoms with Crippen LogP contribution < -0.4 is 21.9 Å². The molecule has 0 spiro atoms. The summed E-state index contributed by atoms with van der Waals surface area (Å²) in [5.74, 6) is 5.78. The van der Waals surface area contributed by atoms with Crippen molar-refractivity contribution in [2.45, 2.75) is 6.92 Å². The van der Waals surface area contributed by atoms with Crippen LogP contribution in [-0.2, 0) is 4.79 Å². The van der Waals surface area contributed by atoms with E-state index in [1.165, 1.54) is 6.92 Å². The van der Waals surface area contributed by atoms with E-state index in [-0.39, 0.29) is 5.91 Å². The predicted molar refractivity (Wildman–Crippen MR) is 85.2 cm³/mol. The molecule has 0 aliphatic carbocycles. The fraction of sp³-hybridized carbons (Fsp3) is 0.0667. The monoisotopic (exact) mass is 283 g/mol. The second-order valence-corrected chi connectivity index (χ2v) is 4.32. The number of hydrazine groups is 1. The van der Waals surface area contributed by atoms with Crippen molar-refractivity contribution in [3.05, 3.63) is 54.6 Å². The Kier molecular flexibility index (Phi) is 4.89. The maximum absolute atomic E-state index is 11.0. The minimum Gasteiger partial charge on any atom is -0.326 e. The number of amides is 1. The van der Waals surface area contributed by atoms with Crippen molar-refractivity contribution in [1.29, 1.82) is 0 Å². The van der Waals surface area contributed by atoms with Crippen molar-refractivity contribution in [3.8, 4) is 0 Å². The third-order valence-corrected chi connectivity index (χ3v) is 2.60. The molecule has 1 amide bonds. The first-order chi connectivity index (χ1) is 10.2. The number of hydrogen-bond acceptors (Lipinski definition) is 3. The zero-order valence-electron chi connectivity index (χ0n) is 11.6. The molecule has 0 radical (unpaired) electrons. The first-order valence-electron chi connectivity index (χ1n) is 6.42. The molecular weight excluding hydrogens is 266 g/mol. The average Bonchev–Trinajstić information content (AvgIpc) is 2.49. The molecule has 0 saturated heterocycles. The first-order valence-corrected chi connectivity index (χ1v) is 6.42. The lowest BCUT2D eigenvalue weighted by Gasteiger charge is -2.09. The van der Waals surface area contributed by atoms with Crippen LogP contribution in [0.25, 0.3) is 0 Å². The van der Waals surface area contributed by atoms with E-state index in [1.54, 1.807) is 24.3 Å². The largest absolute Gasteiger partial charge is 0.326 e. The maximum atomic E-state index is 11.0. The summed E-state index contributed by atoms with van der Waals surface area (Å²) in [6.45, 7) is 1.46. The lowest BCUT2D eigenvalue weighted by Crippen LogP contribution is -2.35. The van der Waals surface area contributed by atoms with Crippen LogP contribution in [0.5, 0.6) is 0 Å². The zero-order valence-corrected chi connectivity index (χ0v) is 11.6. The van der Waals surface area contributed by atoms with Gasteiger partial charge in [0.25, 0.3) is 0 Å². The summed E-state index contributed by atoms with van der Waals surface area (Å²) in [5.41, 5.74) is 4.82. The van der Waals surface area contributed by atoms with Crippen LogP contribution in [0.1, 0.15) is 6.92 Å². The molecule has 108 valence electrons. The van der Waals surface area contributed by atoms with Gasteiger partial charge in [0.05, 0.1) is 5.69 Å². The molecule has 0 aliphatic rings. The smallest absolute Gasteiger partial charge is 0.221 e. The van der Waals surface area contributed by atoms with Crippen molar-refractivity contribution in [3.63, 3.8) is 0 Å². The minimum atomic E-state index is -0.110. The number of aliphatic imine (C=N–C) groups is 1. The van der Waals surface area contributed by atoms with Gasteiger partial charge in [-0.3, -0.25) is 10.2 Å². The van der Waals surface area contributed by atoms with E-state index < -0.39 is 0 Å². The lowest BCUT2D eigenvalue weighted by atomic mass is 10.3. The Morgan fingerprint density at radius 1 is 0.952 bits per heavy atom. The van der Waals surface area contributed by atoms with Crippen LogP contribution in [0.3, 0.4) is 0 Å². The van der Waals surface area contributed by atoms with Crippen molar-refractivity contribution < 1.29 is 4.79 Å². The fourth-order valence-electron chi connectivity index (χ4n) is 1.71. The highest BCUT2D eigenvalue weighted by Gasteiger charge is 1.99. The summed E-state index contributed by atoms with van der Waals surface area (Å²) in [5, 5.41) is 5.76. The summed E-state index contributed by atoms with van der Waals surface area (Å²) >= 11 is 0. The predicted octanol–water partition coefficient (Wildman–Crippen LogP) is 2.21. The van der Waals surface area contributed by atoms with E-state index in [0.29, 0.717) is 11.6 Å². The summed E-state index contributed by atoms with van der Waals surface area (Å²) in [6, 6.07) is 16.7. The molecule has 2 aromatic rings. The van der Waals surface area contributed by atoms with Gasteiger partial charge in [0.15, 0.2) is 0 Å². The Morgan fingerprint density at radius 3 is 2.14 bits per heavy atom. The number of para-hydroxylation sites is 1. The summed E-state index contributed by atoms with van der Waals surface area (Å²) in [4.78, 5) is 15.3. The van der Waals surface area contributed by atoms with Crippen molar-refractivity contribution in [1.82, 2.24) is 5.43 Å². The Labute approximate surface area is 123 Å². The summed E-state index contributed by atoms with van der Waals surface area (Å²) in [7, 11) is 0. The lowest BCUT2D eigenvalue weighted by molar-refractivity contribution is -0.114. The van der Waals surface area contributed by atoms with Gasteiger partial charge < -0.3 is 10.6 Å². The van der Waals surface area contributed by atoms with Crippen molar-refractivity contribution >= 4 is 28.9 Å². The summed E-state index contributed by atoms with van der Waals surface area (Å²) in [6.07, 6.45) is 0. The highest BCUT2D eigenvalue weighted by Crippen LogP contribution is 2.16. The Balaban J connectivity index is 2.10. The highest BCUT2D eigenvalue weighted by molar-refractivity contribution is 5.95. The van der Waals surface area contributed by atoms with E-state index in [0.717, 1.165) is 11.4 Å². The van der Waals surface area contributed by atoms with E-state index in [2.05, 4.69) is 21.1 Å². The van der Waals surface area contributed by atoms with E-state index in [4.69, 9.17) is 5.84 Å². The van der Waals surface area contributed by atoms with E-state index >= 15 is 0 Å². The molecule has 2 aromatic carbocycles. The van der Waals surface area contributed by atoms with Crippen LogP contribution in [0.4, 0.5) is 17.1 Å². The minimum absolute atomic E-state index is 0.110. The maximum Gasteiger partial charge on any atom is 0.221 e. The number of carbonyl (C=O) groups is 1. The highest BCUT2D eigenvalue weighted by atomic mass is 16.1. The molecule has 0 bridgehead atoms. The molecule has 21 heavy (non-hydrogen) atoms. The van der Waals surface area contributed by atoms with Crippen molar-refractivity contribution in [2.24, 2.45) is 10.8 Å². The number of nitrogens with one attached hydrogen (secondary N) is 3. The Morgan fingerprint density at radius 2 is 1.57 bits per heavy atom. The van der Waals surface area contributed by atoms with Gasteiger partial charge >= 0.3 is 0 Å². The Hall–Kier alpha value is -2.86. The van der Waals surface area contributed by atoms with Gasteiger partial charge in [0.1, 0.15) is 0 Å². The van der Waals surface area contributed by atoms with Crippen LogP contribution >= 0.6 is 0 Å². The van der Waals surface area contributed by atoms with Crippen LogP contribution in [0.15, 0.2) is 59.6 Å². The number of rotatable bonds is 3. The zero-order chi connectivity index (χ0) is 15.1. The molecular formula is C15H17N5O. The number of hydrogen-bond donors (Lipinski definition) is 4. The number of nitrogens with zero attached hydrogens (tertiary/aromatic N) is 1. The standard InChI is InChI=1S/C15H17N5O/c1-11(21)17-13-7-9-14(10-8-13)19-15(20-16)18-12-5-3-2-4-6-12/h2-10H,16H2,1H3,(H,17,21)(H2,18,19,20). The molecule has 5 N–H and O–H groups in total. The van der Waals surface area contributed by atoms with Gasteiger partial charge in [-0.1, -0.05) is 18.2 Å². The third kappa shape index (κ3) is 4.63. The number of anilines is 2. The Bertz CT molecular complexity index is 622. The number of carbonyl (C=O) groups excluding carboxylic acids is 1. The second-order valence-electron chi connectivity index (χ2n) is 4.32. The van der Waals surface area contributed by atoms with Gasteiger partial charge in [0, 0.05) is 18.3 Å². The number of benzene rings is 2. The second kappa shape index (κ2) is 7.06. The van der Waals surface area contributed by atoms with Crippen LogP contribution in [0.2, 0.25) is 0 Å². The van der Waals surface area contributed by atoms with Crippen molar-refractivity contribution in [2.75, 3.05) is 10.6 Å². The number of nitrogens with two attached hydrogens (primary N) is 1. The molecule has 0 saturated carbocycles. The van der Waals surface area contributed by atoms with Gasteiger partial charge in [-0.05, 0) is 36.4 Å². The summed E-state index contributed by atoms with van der Waals surface area (Å²) < 4.78 is 0. The quantitative estimate of drug-likeness (QED) is 0.301. The van der Waals surface area contributed by atoms with Gasteiger partial charge in [-0.2, -0.15) is 0 Å². The van der Waals surface area contributed by atoms with Gasteiger partial charge in [-0.25, -0.2) is 10.8 Å². The van der Waals surface area contributed by atoms with Gasteiger partial charge in [0.2, 0.25) is 11.9 Å². The molecule has 0 aliphatic heterocycles. The molecule has 0 atom stereocenters. The molecule has 6 nitrogen and oxygen atoms in total. The van der Waals surface area contributed by atoms with Crippen LogP contribution in [0, 0.1) is 0 Å². The third-order valence-electron chi connectivity index (χ3n) is 2.60. The SMILES string of the molecule is CC(=O)Nc1ccc(N=C(NN)Nc2ccccc2)cc1.